The van der Waals surface area contributed by atoms with E-state index < -0.39 is 0 Å². The normalized spacial score (nSPS) is 22.6. The van der Waals surface area contributed by atoms with Gasteiger partial charge in [-0.1, -0.05) is 0 Å². The van der Waals surface area contributed by atoms with Crippen molar-refractivity contribution in [1.82, 2.24) is 9.88 Å². The second-order valence-corrected chi connectivity index (χ2v) is 5.83. The number of hydrogen-bond acceptors (Lipinski definition) is 5. The number of aliphatic hydroxyl groups is 1. The van der Waals surface area contributed by atoms with Gasteiger partial charge < -0.3 is 14.9 Å². The molecule has 1 aromatic rings. The van der Waals surface area contributed by atoms with Crippen molar-refractivity contribution in [3.8, 4) is 0 Å². The van der Waals surface area contributed by atoms with Crippen LogP contribution in [0, 0.1) is 11.8 Å². The third-order valence-corrected chi connectivity index (χ3v) is 3.89. The summed E-state index contributed by atoms with van der Waals surface area (Å²) in [5, 5.41) is 9.52. The Bertz CT molecular complexity index is 459. The monoisotopic (exact) mass is 277 g/mol. The van der Waals surface area contributed by atoms with Crippen molar-refractivity contribution in [1.29, 1.82) is 0 Å². The van der Waals surface area contributed by atoms with Crippen LogP contribution >= 0.6 is 0 Å². The van der Waals surface area contributed by atoms with Gasteiger partial charge in [0.1, 0.15) is 5.82 Å². The van der Waals surface area contributed by atoms with Crippen molar-refractivity contribution in [3.05, 3.63) is 23.9 Å². The number of aliphatic hydroxyl groups excluding tert-OH is 1. The molecule has 0 bridgehead atoms. The van der Waals surface area contributed by atoms with E-state index in [9.17, 15) is 9.90 Å². The lowest BCUT2D eigenvalue weighted by molar-refractivity contribution is 0.101. The summed E-state index contributed by atoms with van der Waals surface area (Å²) in [5.41, 5.74) is 0.636. The highest BCUT2D eigenvalue weighted by Crippen LogP contribution is 2.27. The number of anilines is 1. The minimum Gasteiger partial charge on any atom is -0.396 e. The number of Topliss-reactive ketones (excluding diaryl/α,β-unsaturated/α-hetero) is 1. The highest BCUT2D eigenvalue weighted by atomic mass is 16.3. The van der Waals surface area contributed by atoms with Crippen molar-refractivity contribution >= 4 is 11.6 Å². The van der Waals surface area contributed by atoms with Crippen LogP contribution in [0.15, 0.2) is 18.3 Å². The first-order valence-electron chi connectivity index (χ1n) is 6.98. The summed E-state index contributed by atoms with van der Waals surface area (Å²) in [6.45, 7) is 4.44. The molecule has 1 fully saturated rings. The van der Waals surface area contributed by atoms with Gasteiger partial charge in [0.2, 0.25) is 0 Å². The lowest BCUT2D eigenvalue weighted by atomic mass is 9.97. The molecule has 2 rings (SSSR count). The van der Waals surface area contributed by atoms with E-state index in [2.05, 4.69) is 28.9 Å². The smallest absolute Gasteiger partial charge is 0.161 e. The summed E-state index contributed by atoms with van der Waals surface area (Å²) in [7, 11) is 4.11. The largest absolute Gasteiger partial charge is 0.396 e. The summed E-state index contributed by atoms with van der Waals surface area (Å²) in [6.07, 6.45) is 1.63. The first-order chi connectivity index (χ1) is 9.51. The number of rotatable bonds is 5. The van der Waals surface area contributed by atoms with E-state index in [1.54, 1.807) is 13.1 Å². The van der Waals surface area contributed by atoms with Gasteiger partial charge in [0.15, 0.2) is 5.78 Å². The van der Waals surface area contributed by atoms with Crippen LogP contribution in [0.1, 0.15) is 17.3 Å². The number of nitrogens with zero attached hydrogens (tertiary/aromatic N) is 3. The minimum absolute atomic E-state index is 0.0317. The fraction of sp³-hybridized carbons (Fsp3) is 0.600. The molecule has 110 valence electrons. The van der Waals surface area contributed by atoms with Gasteiger partial charge in [0.25, 0.3) is 0 Å². The van der Waals surface area contributed by atoms with Crippen LogP contribution < -0.4 is 4.90 Å². The van der Waals surface area contributed by atoms with Crippen LogP contribution in [0.5, 0.6) is 0 Å². The van der Waals surface area contributed by atoms with Gasteiger partial charge in [-0.2, -0.15) is 0 Å². The van der Waals surface area contributed by atoms with Crippen LogP contribution in [0.2, 0.25) is 0 Å². The quantitative estimate of drug-likeness (QED) is 0.810. The molecule has 0 aromatic carbocycles. The molecule has 1 aromatic heterocycles. The SMILES string of the molecule is CC(=O)c1ccc(N2C[C@@H](CN(C)C)[C@@H](CO)C2)nc1. The number of aromatic nitrogens is 1. The maximum absolute atomic E-state index is 11.3. The second kappa shape index (κ2) is 6.33. The molecule has 1 N–H and O–H groups in total. The van der Waals surface area contributed by atoms with Gasteiger partial charge in [-0.25, -0.2) is 4.98 Å². The average Bonchev–Trinajstić information content (AvgIpc) is 2.81. The van der Waals surface area contributed by atoms with Crippen molar-refractivity contribution < 1.29 is 9.90 Å². The van der Waals surface area contributed by atoms with Crippen molar-refractivity contribution in [2.24, 2.45) is 11.8 Å². The van der Waals surface area contributed by atoms with Gasteiger partial charge in [-0.05, 0) is 39.1 Å². The maximum Gasteiger partial charge on any atom is 0.161 e. The highest BCUT2D eigenvalue weighted by Gasteiger charge is 2.33. The fourth-order valence-electron chi connectivity index (χ4n) is 2.79. The molecule has 2 atom stereocenters. The van der Waals surface area contributed by atoms with Crippen LogP contribution in [0.3, 0.4) is 0 Å². The van der Waals surface area contributed by atoms with E-state index in [0.717, 1.165) is 25.5 Å². The Morgan fingerprint density at radius 1 is 1.40 bits per heavy atom. The summed E-state index contributed by atoms with van der Waals surface area (Å²) >= 11 is 0. The van der Waals surface area contributed by atoms with Gasteiger partial charge in [-0.15, -0.1) is 0 Å². The van der Waals surface area contributed by atoms with Crippen LogP contribution in [0.4, 0.5) is 5.82 Å². The number of pyridine rings is 1. The van der Waals surface area contributed by atoms with Crippen LogP contribution in [0.25, 0.3) is 0 Å². The Kier molecular flexibility index (Phi) is 4.73. The molecule has 0 aliphatic carbocycles. The standard InChI is InChI=1S/C15H23N3O2/c1-11(20)12-4-5-15(16-6-12)18-8-13(7-17(2)3)14(9-18)10-19/h4-6,13-14,19H,7-10H2,1-3H3/t13-,14-/m1/s1. The molecular weight excluding hydrogens is 254 g/mol. The molecule has 1 aliphatic rings. The molecule has 20 heavy (non-hydrogen) atoms. The predicted octanol–water partition coefficient (Wildman–Crippen LogP) is 0.890. The number of ketones is 1. The average molecular weight is 277 g/mol. The molecular formula is C15H23N3O2. The number of carbonyl (C=O) groups is 1. The molecule has 0 unspecified atom stereocenters. The van der Waals surface area contributed by atoms with E-state index in [1.807, 2.05) is 12.1 Å². The Labute approximate surface area is 120 Å². The molecule has 5 heteroatoms. The van der Waals surface area contributed by atoms with Crippen LogP contribution in [-0.4, -0.2) is 61.1 Å². The second-order valence-electron chi connectivity index (χ2n) is 5.83. The first kappa shape index (κ1) is 14.9. The third-order valence-electron chi connectivity index (χ3n) is 3.89. The summed E-state index contributed by atoms with van der Waals surface area (Å²) < 4.78 is 0. The summed E-state index contributed by atoms with van der Waals surface area (Å²) in [4.78, 5) is 20.0. The zero-order chi connectivity index (χ0) is 14.7. The molecule has 2 heterocycles. The van der Waals surface area contributed by atoms with E-state index in [-0.39, 0.29) is 18.3 Å². The summed E-state index contributed by atoms with van der Waals surface area (Å²) in [6, 6.07) is 3.71. The summed E-state index contributed by atoms with van der Waals surface area (Å²) in [5.74, 6) is 1.65. The molecule has 0 amide bonds. The first-order valence-corrected chi connectivity index (χ1v) is 6.98. The molecule has 0 radical (unpaired) electrons. The number of hydrogen-bond donors (Lipinski definition) is 1. The zero-order valence-corrected chi connectivity index (χ0v) is 12.4. The van der Waals surface area contributed by atoms with Gasteiger partial charge in [0, 0.05) is 43.9 Å². The van der Waals surface area contributed by atoms with Crippen LogP contribution in [-0.2, 0) is 0 Å². The fourth-order valence-corrected chi connectivity index (χ4v) is 2.79. The molecule has 5 nitrogen and oxygen atoms in total. The Hall–Kier alpha value is -1.46. The van der Waals surface area contributed by atoms with Gasteiger partial charge >= 0.3 is 0 Å². The number of carbonyl (C=O) groups excluding carboxylic acids is 1. The molecule has 1 saturated heterocycles. The van der Waals surface area contributed by atoms with E-state index in [1.165, 1.54) is 0 Å². The zero-order valence-electron chi connectivity index (χ0n) is 12.4. The Morgan fingerprint density at radius 2 is 2.10 bits per heavy atom. The van der Waals surface area contributed by atoms with E-state index >= 15 is 0 Å². The highest BCUT2D eigenvalue weighted by molar-refractivity contribution is 5.93. The topological polar surface area (TPSA) is 56.7 Å². The lowest BCUT2D eigenvalue weighted by Gasteiger charge is -2.20. The Morgan fingerprint density at radius 3 is 2.60 bits per heavy atom. The predicted molar refractivity (Wildman–Crippen MR) is 79.1 cm³/mol. The van der Waals surface area contributed by atoms with Crippen molar-refractivity contribution in [3.63, 3.8) is 0 Å². The van der Waals surface area contributed by atoms with Gasteiger partial charge in [-0.3, -0.25) is 4.79 Å². The Balaban J connectivity index is 2.08. The van der Waals surface area contributed by atoms with E-state index in [4.69, 9.17) is 0 Å². The van der Waals surface area contributed by atoms with Crippen molar-refractivity contribution in [2.75, 3.05) is 45.2 Å². The molecule has 0 spiro atoms. The molecule has 0 saturated carbocycles. The van der Waals surface area contributed by atoms with Gasteiger partial charge in [0.05, 0.1) is 0 Å². The molecule has 1 aliphatic heterocycles. The lowest BCUT2D eigenvalue weighted by Crippen LogP contribution is -2.28. The maximum atomic E-state index is 11.3. The minimum atomic E-state index is 0.0317. The third kappa shape index (κ3) is 3.35. The van der Waals surface area contributed by atoms with E-state index in [0.29, 0.717) is 11.5 Å². The van der Waals surface area contributed by atoms with Crippen molar-refractivity contribution in [2.45, 2.75) is 6.92 Å².